The van der Waals surface area contributed by atoms with Crippen LogP contribution in [0, 0.1) is 0 Å². The Hall–Kier alpha value is -1.65. The van der Waals surface area contributed by atoms with E-state index >= 15 is 0 Å². The van der Waals surface area contributed by atoms with Crippen molar-refractivity contribution in [2.75, 3.05) is 6.54 Å². The molecule has 1 atom stereocenters. The van der Waals surface area contributed by atoms with Crippen molar-refractivity contribution in [3.63, 3.8) is 0 Å². The summed E-state index contributed by atoms with van der Waals surface area (Å²) in [4.78, 5) is 16.2. The van der Waals surface area contributed by atoms with Crippen LogP contribution < -0.4 is 5.32 Å². The molecule has 0 spiro atoms. The average Bonchev–Trinajstić information content (AvgIpc) is 2.38. The lowest BCUT2D eigenvalue weighted by molar-refractivity contribution is -0.00704. The molecular weight excluding hydrogens is 242 g/mol. The van der Waals surface area contributed by atoms with Crippen LogP contribution in [0.15, 0.2) is 24.8 Å². The number of nitrogens with zero attached hydrogens (tertiary/aromatic N) is 2. The van der Waals surface area contributed by atoms with Crippen LogP contribution in [-0.4, -0.2) is 34.2 Å². The van der Waals surface area contributed by atoms with Crippen LogP contribution in [0.5, 0.6) is 0 Å². The maximum atomic E-state index is 12.3. The summed E-state index contributed by atoms with van der Waals surface area (Å²) in [5.74, 6) is 0. The van der Waals surface area contributed by atoms with E-state index in [4.69, 9.17) is 4.74 Å². The molecule has 2 heterocycles. The molecule has 1 saturated heterocycles. The number of amides is 1. The molecule has 0 saturated carbocycles. The zero-order valence-corrected chi connectivity index (χ0v) is 11.9. The highest BCUT2D eigenvalue weighted by Crippen LogP contribution is 2.24. The van der Waals surface area contributed by atoms with E-state index in [9.17, 15) is 4.79 Å². The van der Waals surface area contributed by atoms with E-state index in [1.165, 1.54) is 0 Å². The molecule has 0 aliphatic carbocycles. The summed E-state index contributed by atoms with van der Waals surface area (Å²) in [5, 5.41) is 3.00. The Balaban J connectivity index is 2.07. The molecule has 19 heavy (non-hydrogen) atoms. The largest absolute Gasteiger partial charge is 0.444 e. The molecule has 0 bridgehead atoms. The Bertz CT molecular complexity index is 373. The third-order valence-corrected chi connectivity index (χ3v) is 3.13. The van der Waals surface area contributed by atoms with E-state index in [1.54, 1.807) is 0 Å². The second kappa shape index (κ2) is 5.55. The van der Waals surface area contributed by atoms with Crippen molar-refractivity contribution in [3.8, 4) is 0 Å². The molecule has 5 nitrogen and oxygen atoms in total. The lowest BCUT2D eigenvalue weighted by Gasteiger charge is -2.41. The van der Waals surface area contributed by atoms with Crippen LogP contribution in [0.1, 0.15) is 40.0 Å². The fraction of sp³-hybridized carbons (Fsp3) is 0.643. The summed E-state index contributed by atoms with van der Waals surface area (Å²) in [5.41, 5.74) is -0.450. The second-order valence-electron chi connectivity index (χ2n) is 5.90. The first kappa shape index (κ1) is 13.8. The first-order chi connectivity index (χ1) is 8.97. The lowest BCUT2D eigenvalue weighted by atomic mass is 10.1. The highest BCUT2D eigenvalue weighted by Gasteiger charge is 2.32. The number of rotatable bonds is 1. The molecular formula is C14H23N3O2. The van der Waals surface area contributed by atoms with Gasteiger partial charge in [-0.1, -0.05) is 0 Å². The second-order valence-corrected chi connectivity index (χ2v) is 5.90. The van der Waals surface area contributed by atoms with E-state index in [1.807, 2.05) is 50.5 Å². The molecule has 5 heteroatoms. The Morgan fingerprint density at radius 2 is 1.95 bits per heavy atom. The van der Waals surface area contributed by atoms with Crippen molar-refractivity contribution >= 4 is 6.09 Å². The summed E-state index contributed by atoms with van der Waals surface area (Å²) in [7, 11) is 0. The Labute approximate surface area is 114 Å². The predicted molar refractivity (Wildman–Crippen MR) is 73.8 cm³/mol. The summed E-state index contributed by atoms with van der Waals surface area (Å²) in [6.07, 6.45) is 10.6. The van der Waals surface area contributed by atoms with Crippen LogP contribution in [0.3, 0.4) is 0 Å². The number of hydrogen-bond acceptors (Lipinski definition) is 4. The summed E-state index contributed by atoms with van der Waals surface area (Å²) >= 11 is 0. The normalized spacial score (nSPS) is 23.2. The minimum Gasteiger partial charge on any atom is -0.444 e. The Morgan fingerprint density at radius 1 is 1.26 bits per heavy atom. The van der Waals surface area contributed by atoms with Gasteiger partial charge in [-0.05, 0) is 40.0 Å². The molecule has 1 unspecified atom stereocenters. The van der Waals surface area contributed by atoms with Gasteiger partial charge in [0.25, 0.3) is 0 Å². The highest BCUT2D eigenvalue weighted by molar-refractivity contribution is 5.68. The topological polar surface area (TPSA) is 44.8 Å². The number of piperidine rings is 1. The van der Waals surface area contributed by atoms with Gasteiger partial charge in [0.2, 0.25) is 0 Å². The third kappa shape index (κ3) is 3.66. The van der Waals surface area contributed by atoms with Crippen LogP contribution in [0.2, 0.25) is 0 Å². The molecule has 1 N–H and O–H groups in total. The molecule has 0 aromatic heterocycles. The van der Waals surface area contributed by atoms with E-state index < -0.39 is 5.60 Å². The van der Waals surface area contributed by atoms with Gasteiger partial charge in [0.15, 0.2) is 0 Å². The zero-order valence-electron chi connectivity index (χ0n) is 11.9. The van der Waals surface area contributed by atoms with Crippen LogP contribution in [-0.2, 0) is 4.74 Å². The molecule has 2 aliphatic heterocycles. The lowest BCUT2D eigenvalue weighted by Crippen LogP contribution is -2.51. The quantitative estimate of drug-likeness (QED) is 0.791. The van der Waals surface area contributed by atoms with Crippen molar-refractivity contribution < 1.29 is 9.53 Å². The van der Waals surface area contributed by atoms with Crippen molar-refractivity contribution in [3.05, 3.63) is 24.8 Å². The van der Waals surface area contributed by atoms with Gasteiger partial charge in [0, 0.05) is 31.3 Å². The number of ether oxygens (including phenoxy) is 1. The Kier molecular flexibility index (Phi) is 4.02. The number of hydrogen-bond donors (Lipinski definition) is 1. The predicted octanol–water partition coefficient (Wildman–Crippen LogP) is 2.58. The van der Waals surface area contributed by atoms with E-state index in [0.717, 1.165) is 25.8 Å². The fourth-order valence-electron chi connectivity index (χ4n) is 2.32. The van der Waals surface area contributed by atoms with Crippen molar-refractivity contribution in [1.82, 2.24) is 15.1 Å². The van der Waals surface area contributed by atoms with Gasteiger partial charge in [-0.2, -0.15) is 0 Å². The van der Waals surface area contributed by atoms with E-state index in [2.05, 4.69) is 10.2 Å². The first-order valence-electron chi connectivity index (χ1n) is 6.84. The minimum atomic E-state index is -0.450. The highest BCUT2D eigenvalue weighted by atomic mass is 16.6. The first-order valence-corrected chi connectivity index (χ1v) is 6.84. The standard InChI is InChI=1S/C14H23N3O2/c1-14(2,3)19-13(18)17-9-5-4-6-12(17)16-10-7-15-8-11-16/h7-8,10-12,15H,4-6,9H2,1-3H3. The Morgan fingerprint density at radius 3 is 2.58 bits per heavy atom. The maximum Gasteiger partial charge on any atom is 0.411 e. The molecule has 1 fully saturated rings. The smallest absolute Gasteiger partial charge is 0.411 e. The average molecular weight is 265 g/mol. The maximum absolute atomic E-state index is 12.3. The number of carbonyl (C=O) groups is 1. The molecule has 2 aliphatic rings. The minimum absolute atomic E-state index is 0.0539. The van der Waals surface area contributed by atoms with Gasteiger partial charge in [-0.25, -0.2) is 4.79 Å². The third-order valence-electron chi connectivity index (χ3n) is 3.13. The molecule has 0 aromatic carbocycles. The van der Waals surface area contributed by atoms with E-state index in [0.29, 0.717) is 0 Å². The van der Waals surface area contributed by atoms with E-state index in [-0.39, 0.29) is 12.3 Å². The zero-order chi connectivity index (χ0) is 13.9. The van der Waals surface area contributed by atoms with Gasteiger partial charge < -0.3 is 15.0 Å². The van der Waals surface area contributed by atoms with Crippen molar-refractivity contribution in [2.45, 2.75) is 51.8 Å². The summed E-state index contributed by atoms with van der Waals surface area (Å²) in [6.45, 7) is 6.45. The number of carbonyl (C=O) groups excluding carboxylic acids is 1. The summed E-state index contributed by atoms with van der Waals surface area (Å²) < 4.78 is 5.49. The molecule has 2 rings (SSSR count). The number of nitrogens with one attached hydrogen (secondary N) is 1. The molecule has 0 aromatic rings. The molecule has 0 radical (unpaired) electrons. The van der Waals surface area contributed by atoms with Crippen LogP contribution in [0.4, 0.5) is 4.79 Å². The van der Waals surface area contributed by atoms with Crippen LogP contribution in [0.25, 0.3) is 0 Å². The van der Waals surface area contributed by atoms with Crippen molar-refractivity contribution in [1.29, 1.82) is 0 Å². The van der Waals surface area contributed by atoms with Gasteiger partial charge in [0.1, 0.15) is 11.8 Å². The fourth-order valence-corrected chi connectivity index (χ4v) is 2.32. The molecule has 106 valence electrons. The van der Waals surface area contributed by atoms with Gasteiger partial charge in [-0.3, -0.25) is 4.90 Å². The van der Waals surface area contributed by atoms with Crippen molar-refractivity contribution in [2.24, 2.45) is 0 Å². The van der Waals surface area contributed by atoms with Gasteiger partial charge >= 0.3 is 6.09 Å². The number of likely N-dealkylation sites (tertiary alicyclic amines) is 1. The monoisotopic (exact) mass is 265 g/mol. The SMILES string of the molecule is CC(C)(C)OC(=O)N1CCCCC1N1C=CNC=C1. The summed E-state index contributed by atoms with van der Waals surface area (Å²) in [6, 6.07) is 0. The molecule has 1 amide bonds. The van der Waals surface area contributed by atoms with Crippen LogP contribution >= 0.6 is 0 Å². The van der Waals surface area contributed by atoms with Gasteiger partial charge in [0.05, 0.1) is 0 Å². The van der Waals surface area contributed by atoms with Gasteiger partial charge in [-0.15, -0.1) is 0 Å².